The van der Waals surface area contributed by atoms with Crippen LogP contribution in [0, 0.1) is 12.8 Å². The number of amides is 1. The van der Waals surface area contributed by atoms with E-state index in [4.69, 9.17) is 9.47 Å². The molecule has 1 amide bonds. The lowest BCUT2D eigenvalue weighted by atomic mass is 10.1. The highest BCUT2D eigenvalue weighted by Crippen LogP contribution is 2.33. The molecule has 0 unspecified atom stereocenters. The lowest BCUT2D eigenvalue weighted by Crippen LogP contribution is -2.48. The summed E-state index contributed by atoms with van der Waals surface area (Å²) in [5.74, 6) is 1.58. The summed E-state index contributed by atoms with van der Waals surface area (Å²) in [4.78, 5) is 15.0. The second kappa shape index (κ2) is 9.70. The Bertz CT molecular complexity index is 1120. The summed E-state index contributed by atoms with van der Waals surface area (Å²) in [6, 6.07) is 10.7. The van der Waals surface area contributed by atoms with Gasteiger partial charge in [-0.25, -0.2) is 8.42 Å². The van der Waals surface area contributed by atoms with Gasteiger partial charge in [-0.1, -0.05) is 26.0 Å². The van der Waals surface area contributed by atoms with Gasteiger partial charge in [-0.3, -0.25) is 9.69 Å². The van der Waals surface area contributed by atoms with Crippen LogP contribution in [0.15, 0.2) is 41.3 Å². The van der Waals surface area contributed by atoms with E-state index >= 15 is 0 Å². The number of piperazine rings is 1. The lowest BCUT2D eigenvalue weighted by molar-refractivity contribution is 0.0948. The number of nitrogens with one attached hydrogen (secondary N) is 1. The maximum absolute atomic E-state index is 13.3. The molecule has 2 aliphatic rings. The summed E-state index contributed by atoms with van der Waals surface area (Å²) in [6.45, 7) is 9.40. The summed E-state index contributed by atoms with van der Waals surface area (Å²) in [7, 11) is -3.68. The Morgan fingerprint density at radius 3 is 2.48 bits per heavy atom. The van der Waals surface area contributed by atoms with Gasteiger partial charge < -0.3 is 14.8 Å². The fraction of sp³-hybridized carbons (Fsp3) is 0.458. The molecule has 9 heteroatoms. The maximum atomic E-state index is 13.3. The van der Waals surface area contributed by atoms with Gasteiger partial charge in [0.25, 0.3) is 5.91 Å². The zero-order valence-electron chi connectivity index (χ0n) is 19.3. The van der Waals surface area contributed by atoms with Crippen molar-refractivity contribution in [2.75, 3.05) is 39.5 Å². The molecule has 33 heavy (non-hydrogen) atoms. The molecule has 0 saturated carbocycles. The molecule has 0 bridgehead atoms. The fourth-order valence-electron chi connectivity index (χ4n) is 3.97. The normalized spacial score (nSPS) is 16.8. The number of benzene rings is 2. The van der Waals surface area contributed by atoms with E-state index in [2.05, 4.69) is 10.2 Å². The van der Waals surface area contributed by atoms with E-state index in [1.165, 1.54) is 10.4 Å². The van der Waals surface area contributed by atoms with Gasteiger partial charge in [0.05, 0.1) is 4.90 Å². The number of hydrogen-bond donors (Lipinski definition) is 1. The molecular formula is C24H31N3O5S. The zero-order chi connectivity index (χ0) is 23.6. The molecule has 1 N–H and O–H groups in total. The first kappa shape index (κ1) is 23.5. The van der Waals surface area contributed by atoms with Crippen LogP contribution in [0.3, 0.4) is 0 Å². The summed E-state index contributed by atoms with van der Waals surface area (Å²) >= 11 is 0. The van der Waals surface area contributed by atoms with Gasteiger partial charge in [0.2, 0.25) is 16.8 Å². The Hall–Kier alpha value is -2.62. The average molecular weight is 474 g/mol. The Morgan fingerprint density at radius 1 is 1.03 bits per heavy atom. The summed E-state index contributed by atoms with van der Waals surface area (Å²) in [5.41, 5.74) is 2.26. The minimum absolute atomic E-state index is 0.159. The molecule has 1 saturated heterocycles. The minimum atomic E-state index is -3.68. The summed E-state index contributed by atoms with van der Waals surface area (Å²) < 4.78 is 38.9. The van der Waals surface area contributed by atoms with Crippen LogP contribution >= 0.6 is 0 Å². The number of rotatable bonds is 7. The van der Waals surface area contributed by atoms with Gasteiger partial charge in [-0.2, -0.15) is 4.31 Å². The predicted molar refractivity (Wildman–Crippen MR) is 125 cm³/mol. The number of aryl methyl sites for hydroxylation is 1. The van der Waals surface area contributed by atoms with Crippen LogP contribution in [0.2, 0.25) is 0 Å². The van der Waals surface area contributed by atoms with Gasteiger partial charge in [-0.05, 0) is 48.2 Å². The first-order valence-electron chi connectivity index (χ1n) is 11.2. The van der Waals surface area contributed by atoms with Crippen LogP contribution in [0.1, 0.15) is 35.3 Å². The first-order valence-corrected chi connectivity index (χ1v) is 12.7. The SMILES string of the molecule is Cc1ccc(S(=O)(=O)N2CCN(Cc3ccc4c(c3)OCO4)CC2)cc1C(=O)NCC(C)C. The molecule has 0 radical (unpaired) electrons. The molecule has 2 aromatic rings. The standard InChI is InChI=1S/C24H31N3O5S/c1-17(2)14-25-24(28)21-13-20(6-4-18(21)3)33(29,30)27-10-8-26(9-11-27)15-19-5-7-22-23(12-19)32-16-31-22/h4-7,12-13,17H,8-11,14-16H2,1-3H3,(H,25,28). The molecule has 4 rings (SSSR count). The first-order chi connectivity index (χ1) is 15.7. The Balaban J connectivity index is 1.40. The van der Waals surface area contributed by atoms with Crippen molar-refractivity contribution in [2.45, 2.75) is 32.2 Å². The number of ether oxygens (including phenoxy) is 2. The van der Waals surface area contributed by atoms with Crippen LogP contribution in [-0.4, -0.2) is 63.0 Å². The Kier molecular flexibility index (Phi) is 6.92. The summed E-state index contributed by atoms with van der Waals surface area (Å²) in [6.07, 6.45) is 0. The topological polar surface area (TPSA) is 88.2 Å². The van der Waals surface area contributed by atoms with Crippen molar-refractivity contribution in [1.82, 2.24) is 14.5 Å². The van der Waals surface area contributed by atoms with Crippen molar-refractivity contribution in [2.24, 2.45) is 5.92 Å². The monoisotopic (exact) mass is 473 g/mol. The van der Waals surface area contributed by atoms with Crippen molar-refractivity contribution in [3.63, 3.8) is 0 Å². The number of sulfonamides is 1. The van der Waals surface area contributed by atoms with E-state index in [0.29, 0.717) is 44.2 Å². The van der Waals surface area contributed by atoms with Crippen molar-refractivity contribution < 1.29 is 22.7 Å². The van der Waals surface area contributed by atoms with Crippen molar-refractivity contribution >= 4 is 15.9 Å². The smallest absolute Gasteiger partial charge is 0.251 e. The highest BCUT2D eigenvalue weighted by Gasteiger charge is 2.29. The van der Waals surface area contributed by atoms with Gasteiger partial charge >= 0.3 is 0 Å². The lowest BCUT2D eigenvalue weighted by Gasteiger charge is -2.34. The molecule has 178 valence electrons. The largest absolute Gasteiger partial charge is 0.454 e. The van der Waals surface area contributed by atoms with Crippen molar-refractivity contribution in [3.05, 3.63) is 53.1 Å². The van der Waals surface area contributed by atoms with Gasteiger partial charge in [0, 0.05) is 44.8 Å². The third-order valence-corrected chi connectivity index (χ3v) is 7.83. The number of nitrogens with zero attached hydrogens (tertiary/aromatic N) is 2. The quantitative estimate of drug-likeness (QED) is 0.665. The van der Waals surface area contributed by atoms with E-state index in [1.807, 2.05) is 39.0 Å². The summed E-state index contributed by atoms with van der Waals surface area (Å²) in [5, 5.41) is 2.87. The number of carbonyl (C=O) groups excluding carboxylic acids is 1. The number of carbonyl (C=O) groups is 1. The van der Waals surface area contributed by atoms with Crippen molar-refractivity contribution in [1.29, 1.82) is 0 Å². The Labute approximate surface area is 195 Å². The maximum Gasteiger partial charge on any atom is 0.251 e. The van der Waals surface area contributed by atoms with Crippen LogP contribution in [0.25, 0.3) is 0 Å². The average Bonchev–Trinajstić information content (AvgIpc) is 3.26. The third kappa shape index (κ3) is 5.31. The number of hydrogen-bond acceptors (Lipinski definition) is 6. The second-order valence-corrected chi connectivity index (χ2v) is 10.9. The predicted octanol–water partition coefficient (Wildman–Crippen LogP) is 2.62. The molecule has 8 nitrogen and oxygen atoms in total. The van der Waals surface area contributed by atoms with E-state index in [-0.39, 0.29) is 17.6 Å². The van der Waals surface area contributed by atoms with E-state index in [0.717, 1.165) is 29.2 Å². The van der Waals surface area contributed by atoms with Crippen LogP contribution < -0.4 is 14.8 Å². The molecule has 2 heterocycles. The van der Waals surface area contributed by atoms with Gasteiger partial charge in [-0.15, -0.1) is 0 Å². The Morgan fingerprint density at radius 2 is 1.76 bits per heavy atom. The van der Waals surface area contributed by atoms with Gasteiger partial charge in [0.15, 0.2) is 11.5 Å². The van der Waals surface area contributed by atoms with Crippen LogP contribution in [0.5, 0.6) is 11.5 Å². The van der Waals surface area contributed by atoms with E-state index in [1.54, 1.807) is 12.1 Å². The zero-order valence-corrected chi connectivity index (χ0v) is 20.2. The molecule has 1 fully saturated rings. The molecule has 0 aromatic heterocycles. The fourth-order valence-corrected chi connectivity index (χ4v) is 5.42. The molecule has 0 aliphatic carbocycles. The van der Waals surface area contributed by atoms with Gasteiger partial charge in [0.1, 0.15) is 0 Å². The molecule has 0 spiro atoms. The third-order valence-electron chi connectivity index (χ3n) is 5.94. The van der Waals surface area contributed by atoms with Crippen molar-refractivity contribution in [3.8, 4) is 11.5 Å². The molecule has 2 aromatic carbocycles. The van der Waals surface area contributed by atoms with Crippen LogP contribution in [0.4, 0.5) is 0 Å². The number of fused-ring (bicyclic) bond motifs is 1. The molecular weight excluding hydrogens is 442 g/mol. The highest BCUT2D eigenvalue weighted by atomic mass is 32.2. The second-order valence-electron chi connectivity index (χ2n) is 8.95. The van der Waals surface area contributed by atoms with Crippen LogP contribution in [-0.2, 0) is 16.6 Å². The van der Waals surface area contributed by atoms with E-state index < -0.39 is 10.0 Å². The molecule has 2 aliphatic heterocycles. The molecule has 0 atom stereocenters. The highest BCUT2D eigenvalue weighted by molar-refractivity contribution is 7.89. The minimum Gasteiger partial charge on any atom is -0.454 e. The van der Waals surface area contributed by atoms with E-state index in [9.17, 15) is 13.2 Å².